The third-order valence-electron chi connectivity index (χ3n) is 2.92. The Morgan fingerprint density at radius 2 is 1.95 bits per heavy atom. The average Bonchev–Trinajstić information content (AvgIpc) is 2.40. The van der Waals surface area contributed by atoms with Crippen molar-refractivity contribution in [2.24, 2.45) is 0 Å². The molecule has 0 aliphatic heterocycles. The van der Waals surface area contributed by atoms with Gasteiger partial charge in [0.1, 0.15) is 0 Å². The van der Waals surface area contributed by atoms with Crippen LogP contribution in [0.3, 0.4) is 0 Å². The zero-order valence-corrected chi connectivity index (χ0v) is 12.0. The van der Waals surface area contributed by atoms with Crippen LogP contribution < -0.4 is 5.32 Å². The first kappa shape index (κ1) is 14.1. The van der Waals surface area contributed by atoms with Crippen molar-refractivity contribution in [3.8, 4) is 6.07 Å². The minimum atomic E-state index is -0.242. The molecule has 3 nitrogen and oxygen atoms in total. The second-order valence-electron chi connectivity index (χ2n) is 4.61. The first-order valence-corrected chi connectivity index (χ1v) is 6.46. The molecule has 2 aromatic rings. The van der Waals surface area contributed by atoms with Gasteiger partial charge in [0.05, 0.1) is 11.6 Å². The summed E-state index contributed by atoms with van der Waals surface area (Å²) in [5, 5.41) is 12.2. The molecule has 0 radical (unpaired) electrons. The van der Waals surface area contributed by atoms with Crippen LogP contribution in [0, 0.1) is 25.2 Å². The molecule has 0 saturated carbocycles. The second-order valence-corrected chi connectivity index (χ2v) is 5.05. The number of halogens is 1. The maximum Gasteiger partial charge on any atom is 0.255 e. The molecule has 0 atom stereocenters. The molecule has 0 fully saturated rings. The number of hydrogen-bond donors (Lipinski definition) is 1. The summed E-state index contributed by atoms with van der Waals surface area (Å²) in [5.41, 5.74) is 3.46. The summed E-state index contributed by atoms with van der Waals surface area (Å²) in [7, 11) is 0. The molecule has 1 amide bonds. The highest BCUT2D eigenvalue weighted by molar-refractivity contribution is 6.31. The van der Waals surface area contributed by atoms with Gasteiger partial charge in [0, 0.05) is 16.3 Å². The lowest BCUT2D eigenvalue weighted by Crippen LogP contribution is -2.13. The first-order chi connectivity index (χ1) is 9.49. The van der Waals surface area contributed by atoms with Gasteiger partial charge in [-0.05, 0) is 55.3 Å². The van der Waals surface area contributed by atoms with E-state index in [1.165, 1.54) is 0 Å². The fraction of sp³-hybridized carbons (Fsp3) is 0.125. The molecule has 0 saturated heterocycles. The van der Waals surface area contributed by atoms with E-state index in [9.17, 15) is 4.79 Å². The first-order valence-electron chi connectivity index (χ1n) is 6.09. The number of nitrogens with zero attached hydrogens (tertiary/aromatic N) is 1. The zero-order valence-electron chi connectivity index (χ0n) is 11.2. The number of amides is 1. The smallest absolute Gasteiger partial charge is 0.255 e. The van der Waals surface area contributed by atoms with Gasteiger partial charge in [0.2, 0.25) is 0 Å². The van der Waals surface area contributed by atoms with Crippen molar-refractivity contribution in [2.75, 3.05) is 5.32 Å². The molecule has 2 aromatic carbocycles. The summed E-state index contributed by atoms with van der Waals surface area (Å²) < 4.78 is 0. The Labute approximate surface area is 122 Å². The lowest BCUT2D eigenvalue weighted by molar-refractivity contribution is 0.102. The van der Waals surface area contributed by atoms with Gasteiger partial charge in [-0.25, -0.2) is 0 Å². The van der Waals surface area contributed by atoms with Crippen LogP contribution in [0.1, 0.15) is 27.0 Å². The molecule has 1 N–H and O–H groups in total. The van der Waals surface area contributed by atoms with E-state index >= 15 is 0 Å². The number of aryl methyl sites for hydroxylation is 2. The summed E-state index contributed by atoms with van der Waals surface area (Å²) in [5.74, 6) is -0.242. The predicted molar refractivity (Wildman–Crippen MR) is 80.0 cm³/mol. The van der Waals surface area contributed by atoms with Crippen LogP contribution in [0.5, 0.6) is 0 Å². The van der Waals surface area contributed by atoms with Gasteiger partial charge < -0.3 is 5.32 Å². The predicted octanol–water partition coefficient (Wildman–Crippen LogP) is 4.08. The molecule has 20 heavy (non-hydrogen) atoms. The number of nitriles is 1. The molecule has 0 aliphatic carbocycles. The maximum absolute atomic E-state index is 12.2. The highest BCUT2D eigenvalue weighted by atomic mass is 35.5. The number of anilines is 1. The van der Waals surface area contributed by atoms with Crippen LogP contribution in [0.15, 0.2) is 36.4 Å². The van der Waals surface area contributed by atoms with Crippen molar-refractivity contribution >= 4 is 23.2 Å². The van der Waals surface area contributed by atoms with Crippen molar-refractivity contribution < 1.29 is 4.79 Å². The van der Waals surface area contributed by atoms with E-state index in [0.29, 0.717) is 21.8 Å². The van der Waals surface area contributed by atoms with Crippen LogP contribution in [0.4, 0.5) is 5.69 Å². The number of carbonyl (C=O) groups excluding carboxylic acids is 1. The van der Waals surface area contributed by atoms with Gasteiger partial charge in [-0.1, -0.05) is 17.7 Å². The van der Waals surface area contributed by atoms with Crippen molar-refractivity contribution in [3.05, 3.63) is 63.7 Å². The minimum absolute atomic E-state index is 0.242. The molecule has 0 bridgehead atoms. The van der Waals surface area contributed by atoms with Crippen molar-refractivity contribution in [2.45, 2.75) is 13.8 Å². The van der Waals surface area contributed by atoms with Crippen LogP contribution in [0.2, 0.25) is 5.02 Å². The van der Waals surface area contributed by atoms with E-state index < -0.39 is 0 Å². The Hall–Kier alpha value is -2.31. The Kier molecular flexibility index (Phi) is 4.07. The van der Waals surface area contributed by atoms with Gasteiger partial charge in [0.25, 0.3) is 5.91 Å². The van der Waals surface area contributed by atoms with Gasteiger partial charge in [0.15, 0.2) is 0 Å². The Morgan fingerprint density at radius 1 is 1.20 bits per heavy atom. The quantitative estimate of drug-likeness (QED) is 0.903. The SMILES string of the molecule is Cc1cc(Cl)cc(C(=O)Nc2cc(C#N)ccc2C)c1. The van der Waals surface area contributed by atoms with E-state index in [0.717, 1.165) is 11.1 Å². The molecular formula is C16H13ClN2O. The van der Waals surface area contributed by atoms with Gasteiger partial charge in [-0.2, -0.15) is 5.26 Å². The van der Waals surface area contributed by atoms with E-state index in [1.807, 2.05) is 13.8 Å². The standard InChI is InChI=1S/C16H13ClN2O/c1-10-5-13(8-14(17)6-10)16(20)19-15-7-12(9-18)4-3-11(15)2/h3-8H,1-2H3,(H,19,20). The zero-order chi connectivity index (χ0) is 14.7. The molecular weight excluding hydrogens is 272 g/mol. The maximum atomic E-state index is 12.2. The van der Waals surface area contributed by atoms with E-state index in [4.69, 9.17) is 16.9 Å². The van der Waals surface area contributed by atoms with E-state index in [1.54, 1.807) is 36.4 Å². The van der Waals surface area contributed by atoms with Crippen LogP contribution in [-0.4, -0.2) is 5.91 Å². The topological polar surface area (TPSA) is 52.9 Å². The molecule has 0 spiro atoms. The van der Waals surface area contributed by atoms with Crippen LogP contribution >= 0.6 is 11.6 Å². The summed E-state index contributed by atoms with van der Waals surface area (Å²) >= 11 is 5.95. The number of benzene rings is 2. The summed E-state index contributed by atoms with van der Waals surface area (Å²) in [4.78, 5) is 12.2. The fourth-order valence-corrected chi connectivity index (χ4v) is 2.18. The normalized spacial score (nSPS) is 9.90. The van der Waals surface area contributed by atoms with E-state index in [2.05, 4.69) is 11.4 Å². The fourth-order valence-electron chi connectivity index (χ4n) is 1.89. The minimum Gasteiger partial charge on any atom is -0.322 e. The Bertz CT molecular complexity index is 697. The van der Waals surface area contributed by atoms with Crippen LogP contribution in [-0.2, 0) is 0 Å². The van der Waals surface area contributed by atoms with Gasteiger partial charge in [-0.3, -0.25) is 4.79 Å². The number of hydrogen-bond acceptors (Lipinski definition) is 2. The highest BCUT2D eigenvalue weighted by Crippen LogP contribution is 2.19. The van der Waals surface area contributed by atoms with Crippen molar-refractivity contribution in [3.63, 3.8) is 0 Å². The number of rotatable bonds is 2. The molecule has 0 aromatic heterocycles. The second kappa shape index (κ2) is 5.77. The molecule has 4 heteroatoms. The Balaban J connectivity index is 2.30. The molecule has 100 valence electrons. The number of nitrogens with one attached hydrogen (secondary N) is 1. The summed E-state index contributed by atoms with van der Waals surface area (Å²) in [6.45, 7) is 3.75. The lowest BCUT2D eigenvalue weighted by atomic mass is 10.1. The van der Waals surface area contributed by atoms with Crippen molar-refractivity contribution in [1.29, 1.82) is 5.26 Å². The highest BCUT2D eigenvalue weighted by Gasteiger charge is 2.09. The monoisotopic (exact) mass is 284 g/mol. The average molecular weight is 285 g/mol. The van der Waals surface area contributed by atoms with E-state index in [-0.39, 0.29) is 5.91 Å². The number of carbonyl (C=O) groups is 1. The van der Waals surface area contributed by atoms with Crippen molar-refractivity contribution in [1.82, 2.24) is 0 Å². The lowest BCUT2D eigenvalue weighted by Gasteiger charge is -2.09. The van der Waals surface area contributed by atoms with Gasteiger partial charge in [-0.15, -0.1) is 0 Å². The molecule has 2 rings (SSSR count). The molecule has 0 unspecified atom stereocenters. The third-order valence-corrected chi connectivity index (χ3v) is 3.14. The van der Waals surface area contributed by atoms with Crippen LogP contribution in [0.25, 0.3) is 0 Å². The molecule has 0 aliphatic rings. The third kappa shape index (κ3) is 3.17. The largest absolute Gasteiger partial charge is 0.322 e. The Morgan fingerprint density at radius 3 is 2.60 bits per heavy atom. The summed E-state index contributed by atoms with van der Waals surface area (Å²) in [6, 6.07) is 12.4. The van der Waals surface area contributed by atoms with Gasteiger partial charge >= 0.3 is 0 Å². The molecule has 0 heterocycles. The summed E-state index contributed by atoms with van der Waals surface area (Å²) in [6.07, 6.45) is 0.